The molecular formula is C15H25NO. The van der Waals surface area contributed by atoms with Gasteiger partial charge in [0.15, 0.2) is 0 Å². The quantitative estimate of drug-likeness (QED) is 0.829. The van der Waals surface area contributed by atoms with Crippen molar-refractivity contribution in [1.29, 1.82) is 0 Å². The number of furan rings is 1. The summed E-state index contributed by atoms with van der Waals surface area (Å²) in [4.78, 5) is 0. The third-order valence-electron chi connectivity index (χ3n) is 4.19. The van der Waals surface area contributed by atoms with Gasteiger partial charge in [0.2, 0.25) is 0 Å². The zero-order valence-corrected chi connectivity index (χ0v) is 11.3. The molecule has 0 saturated heterocycles. The Morgan fingerprint density at radius 2 is 2.06 bits per heavy atom. The summed E-state index contributed by atoms with van der Waals surface area (Å²) >= 11 is 0. The van der Waals surface area contributed by atoms with Crippen LogP contribution in [0.4, 0.5) is 0 Å². The maximum absolute atomic E-state index is 5.27. The summed E-state index contributed by atoms with van der Waals surface area (Å²) < 4.78 is 5.27. The molecule has 1 atom stereocenters. The largest absolute Gasteiger partial charge is 0.472 e. The van der Waals surface area contributed by atoms with Gasteiger partial charge in [0.1, 0.15) is 0 Å². The fourth-order valence-electron chi connectivity index (χ4n) is 3.77. The van der Waals surface area contributed by atoms with Gasteiger partial charge in [-0.15, -0.1) is 0 Å². The van der Waals surface area contributed by atoms with Crippen LogP contribution >= 0.6 is 0 Å². The number of nitrogens with one attached hydrogen (secondary N) is 1. The van der Waals surface area contributed by atoms with Crippen LogP contribution in [0.1, 0.15) is 57.6 Å². The van der Waals surface area contributed by atoms with Crippen LogP contribution in [-0.4, -0.2) is 7.05 Å². The Bertz CT molecular complexity index is 323. The molecule has 2 heteroatoms. The van der Waals surface area contributed by atoms with Gasteiger partial charge in [-0.2, -0.15) is 0 Å². The van der Waals surface area contributed by atoms with E-state index >= 15 is 0 Å². The van der Waals surface area contributed by atoms with E-state index in [2.05, 4.69) is 32.3 Å². The zero-order valence-electron chi connectivity index (χ0n) is 11.3. The summed E-state index contributed by atoms with van der Waals surface area (Å²) in [6.45, 7) is 4.67. The van der Waals surface area contributed by atoms with E-state index < -0.39 is 0 Å². The van der Waals surface area contributed by atoms with E-state index in [9.17, 15) is 0 Å². The van der Waals surface area contributed by atoms with Crippen molar-refractivity contribution in [3.05, 3.63) is 24.2 Å². The van der Waals surface area contributed by atoms with Crippen LogP contribution in [0.3, 0.4) is 0 Å². The molecule has 1 aliphatic carbocycles. The molecule has 0 spiro atoms. The lowest BCUT2D eigenvalue weighted by molar-refractivity contribution is 0.161. The van der Waals surface area contributed by atoms with Crippen molar-refractivity contribution in [2.24, 2.45) is 11.3 Å². The third kappa shape index (κ3) is 2.57. The highest BCUT2D eigenvalue weighted by Gasteiger charge is 2.41. The predicted octanol–water partition coefficient (Wildman–Crippen LogP) is 4.15. The Morgan fingerprint density at radius 1 is 1.35 bits per heavy atom. The Balaban J connectivity index is 2.24. The molecule has 1 aromatic heterocycles. The Labute approximate surface area is 105 Å². The second kappa shape index (κ2) is 5.26. The van der Waals surface area contributed by atoms with E-state index in [1.165, 1.54) is 37.7 Å². The lowest BCUT2D eigenvalue weighted by Gasteiger charge is -2.38. The molecule has 2 nitrogen and oxygen atoms in total. The molecule has 96 valence electrons. The first-order chi connectivity index (χ1) is 8.18. The summed E-state index contributed by atoms with van der Waals surface area (Å²) in [7, 11) is 2.08. The average Bonchev–Trinajstić information content (AvgIpc) is 2.90. The molecule has 0 aromatic carbocycles. The number of hydrogen-bond acceptors (Lipinski definition) is 2. The molecule has 0 aliphatic heterocycles. The maximum atomic E-state index is 5.27. The van der Waals surface area contributed by atoms with Crippen LogP contribution in [0.5, 0.6) is 0 Å². The van der Waals surface area contributed by atoms with Crippen LogP contribution < -0.4 is 5.32 Å². The maximum Gasteiger partial charge on any atom is 0.0950 e. The van der Waals surface area contributed by atoms with Crippen LogP contribution in [0.25, 0.3) is 0 Å². The molecular weight excluding hydrogens is 210 g/mol. The minimum absolute atomic E-state index is 0.437. The van der Waals surface area contributed by atoms with Crippen LogP contribution in [0.15, 0.2) is 23.0 Å². The van der Waals surface area contributed by atoms with Crippen molar-refractivity contribution in [1.82, 2.24) is 5.32 Å². The standard InChI is InChI=1S/C15H25NO/c1-12(2)10-15(7-4-5-8-15)14(16-3)13-6-9-17-11-13/h6,9,11-12,14,16H,4-5,7-8,10H2,1-3H3. The molecule has 1 fully saturated rings. The summed E-state index contributed by atoms with van der Waals surface area (Å²) in [5, 5.41) is 3.53. The van der Waals surface area contributed by atoms with Gasteiger partial charge in [0.05, 0.1) is 12.5 Å². The number of hydrogen-bond donors (Lipinski definition) is 1. The summed E-state index contributed by atoms with van der Waals surface area (Å²) in [6.07, 6.45) is 10.5. The van der Waals surface area contributed by atoms with Gasteiger partial charge in [-0.1, -0.05) is 26.7 Å². The van der Waals surface area contributed by atoms with Gasteiger partial charge in [-0.3, -0.25) is 0 Å². The van der Waals surface area contributed by atoms with Crippen LogP contribution in [-0.2, 0) is 0 Å². The Morgan fingerprint density at radius 3 is 2.53 bits per heavy atom. The molecule has 0 radical (unpaired) electrons. The van der Waals surface area contributed by atoms with Gasteiger partial charge < -0.3 is 9.73 Å². The third-order valence-corrected chi connectivity index (χ3v) is 4.19. The minimum atomic E-state index is 0.437. The normalized spacial score (nSPS) is 20.9. The van der Waals surface area contributed by atoms with E-state index in [4.69, 9.17) is 4.42 Å². The van der Waals surface area contributed by atoms with Gasteiger partial charge in [-0.05, 0) is 43.7 Å². The molecule has 17 heavy (non-hydrogen) atoms. The van der Waals surface area contributed by atoms with Crippen LogP contribution in [0.2, 0.25) is 0 Å². The van der Waals surface area contributed by atoms with Crippen LogP contribution in [0, 0.1) is 11.3 Å². The van der Waals surface area contributed by atoms with E-state index in [1.807, 2.05) is 6.26 Å². The smallest absolute Gasteiger partial charge is 0.0950 e. The first-order valence-corrected chi connectivity index (χ1v) is 6.87. The minimum Gasteiger partial charge on any atom is -0.472 e. The van der Waals surface area contributed by atoms with Crippen molar-refractivity contribution >= 4 is 0 Å². The monoisotopic (exact) mass is 235 g/mol. The van der Waals surface area contributed by atoms with Crippen molar-refractivity contribution in [3.8, 4) is 0 Å². The highest BCUT2D eigenvalue weighted by atomic mass is 16.3. The lowest BCUT2D eigenvalue weighted by atomic mass is 9.71. The van der Waals surface area contributed by atoms with E-state index in [0.29, 0.717) is 11.5 Å². The highest BCUT2D eigenvalue weighted by Crippen LogP contribution is 2.51. The SMILES string of the molecule is CNC(c1ccoc1)C1(CC(C)C)CCCC1. The molecule has 1 aromatic rings. The fourth-order valence-corrected chi connectivity index (χ4v) is 3.77. The lowest BCUT2D eigenvalue weighted by Crippen LogP contribution is -2.35. The Kier molecular flexibility index (Phi) is 3.93. The van der Waals surface area contributed by atoms with Crippen molar-refractivity contribution in [2.45, 2.75) is 52.0 Å². The molecule has 2 rings (SSSR count). The summed E-state index contributed by atoms with van der Waals surface area (Å²) in [6, 6.07) is 2.56. The fraction of sp³-hybridized carbons (Fsp3) is 0.733. The van der Waals surface area contributed by atoms with E-state index in [-0.39, 0.29) is 0 Å². The van der Waals surface area contributed by atoms with Gasteiger partial charge in [0.25, 0.3) is 0 Å². The molecule has 1 saturated carbocycles. The molecule has 0 bridgehead atoms. The predicted molar refractivity (Wildman–Crippen MR) is 70.9 cm³/mol. The first-order valence-electron chi connectivity index (χ1n) is 6.87. The first kappa shape index (κ1) is 12.7. The van der Waals surface area contributed by atoms with E-state index in [0.717, 1.165) is 5.92 Å². The van der Waals surface area contributed by atoms with E-state index in [1.54, 1.807) is 6.26 Å². The second-order valence-electron chi connectivity index (χ2n) is 5.95. The molecule has 1 aliphatic rings. The van der Waals surface area contributed by atoms with Gasteiger partial charge >= 0.3 is 0 Å². The second-order valence-corrected chi connectivity index (χ2v) is 5.95. The van der Waals surface area contributed by atoms with Gasteiger partial charge in [0, 0.05) is 11.6 Å². The average molecular weight is 235 g/mol. The van der Waals surface area contributed by atoms with Crippen molar-refractivity contribution in [3.63, 3.8) is 0 Å². The molecule has 1 heterocycles. The summed E-state index contributed by atoms with van der Waals surface area (Å²) in [5.74, 6) is 0.760. The van der Waals surface area contributed by atoms with Gasteiger partial charge in [-0.25, -0.2) is 0 Å². The molecule has 1 unspecified atom stereocenters. The zero-order chi connectivity index (χ0) is 12.3. The summed E-state index contributed by atoms with van der Waals surface area (Å²) in [5.41, 5.74) is 1.75. The Hall–Kier alpha value is -0.760. The molecule has 0 amide bonds. The molecule has 1 N–H and O–H groups in total. The highest BCUT2D eigenvalue weighted by molar-refractivity contribution is 5.16. The van der Waals surface area contributed by atoms with Crippen molar-refractivity contribution < 1.29 is 4.42 Å². The van der Waals surface area contributed by atoms with Crippen molar-refractivity contribution in [2.75, 3.05) is 7.05 Å². The topological polar surface area (TPSA) is 25.2 Å². The number of rotatable bonds is 5.